The van der Waals surface area contributed by atoms with Crippen LogP contribution < -0.4 is 16.4 Å². The molecule has 0 amide bonds. The molecular formula is C22H27ClN8O2. The summed E-state index contributed by atoms with van der Waals surface area (Å²) in [6.45, 7) is 6.04. The Morgan fingerprint density at radius 1 is 1.27 bits per heavy atom. The topological polar surface area (TPSA) is 152 Å². The zero-order valence-corrected chi connectivity index (χ0v) is 19.5. The average Bonchev–Trinajstić information content (AvgIpc) is 3.59. The van der Waals surface area contributed by atoms with Crippen LogP contribution in [0, 0.1) is 25.4 Å². The van der Waals surface area contributed by atoms with Crippen LogP contribution in [0.25, 0.3) is 11.4 Å². The molecule has 1 aliphatic carbocycles. The number of nitrogens with zero attached hydrogens (tertiary/aromatic N) is 5. The van der Waals surface area contributed by atoms with Gasteiger partial charge in [-0.25, -0.2) is 15.0 Å². The van der Waals surface area contributed by atoms with E-state index in [0.717, 1.165) is 11.6 Å². The van der Waals surface area contributed by atoms with Crippen molar-refractivity contribution in [3.8, 4) is 23.9 Å². The number of anilines is 4. The molecule has 0 aromatic carbocycles. The zero-order chi connectivity index (χ0) is 24.8. The van der Waals surface area contributed by atoms with E-state index in [9.17, 15) is 0 Å². The number of hydrogen-bond acceptors (Lipinski definition) is 10. The van der Waals surface area contributed by atoms with Gasteiger partial charge in [-0.15, -0.1) is 0 Å². The molecule has 0 atom stereocenters. The molecule has 0 saturated heterocycles. The molecule has 4 rings (SSSR count). The number of aliphatic hydroxyl groups excluding tert-OH is 1. The van der Waals surface area contributed by atoms with Gasteiger partial charge in [-0.3, -0.25) is 0 Å². The molecule has 11 heteroatoms. The lowest BCUT2D eigenvalue weighted by Crippen LogP contribution is -2.04. The number of terminal acetylenes is 1. The first-order valence-corrected chi connectivity index (χ1v) is 10.2. The average molecular weight is 471 g/mol. The number of rotatable bonds is 4. The Hall–Kier alpha value is -3.97. The summed E-state index contributed by atoms with van der Waals surface area (Å²) in [5.74, 6) is 2.82. The number of carbonyl (C=O) groups is 1. The third kappa shape index (κ3) is 9.37. The second-order valence-electron chi connectivity index (χ2n) is 6.71. The monoisotopic (exact) mass is 470 g/mol. The zero-order valence-electron chi connectivity index (χ0n) is 18.7. The summed E-state index contributed by atoms with van der Waals surface area (Å²) < 4.78 is 0. The number of aryl methyl sites for hydroxylation is 1. The van der Waals surface area contributed by atoms with E-state index in [-0.39, 0.29) is 5.95 Å². The van der Waals surface area contributed by atoms with Gasteiger partial charge >= 0.3 is 0 Å². The Morgan fingerprint density at radius 2 is 1.91 bits per heavy atom. The van der Waals surface area contributed by atoms with Crippen LogP contribution in [0.2, 0.25) is 5.15 Å². The predicted octanol–water partition coefficient (Wildman–Crippen LogP) is 3.84. The Labute approximate surface area is 198 Å². The van der Waals surface area contributed by atoms with E-state index in [1.807, 2.05) is 18.9 Å². The minimum atomic E-state index is 0.165. The second kappa shape index (κ2) is 14.2. The first-order chi connectivity index (χ1) is 15.9. The van der Waals surface area contributed by atoms with Crippen molar-refractivity contribution in [3.63, 3.8) is 0 Å². The number of carbonyl (C=O) groups excluding carboxylic acids is 1. The van der Waals surface area contributed by atoms with Crippen molar-refractivity contribution in [2.45, 2.75) is 26.7 Å². The Morgan fingerprint density at radius 3 is 2.45 bits per heavy atom. The summed E-state index contributed by atoms with van der Waals surface area (Å²) in [5.41, 5.74) is 7.85. The molecule has 1 saturated carbocycles. The molecular weight excluding hydrogens is 444 g/mol. The van der Waals surface area contributed by atoms with Crippen LogP contribution in [0.1, 0.15) is 25.6 Å². The Kier molecular flexibility index (Phi) is 11.6. The van der Waals surface area contributed by atoms with Crippen molar-refractivity contribution in [3.05, 3.63) is 41.6 Å². The molecule has 0 unspecified atom stereocenters. The van der Waals surface area contributed by atoms with Crippen LogP contribution in [0.4, 0.5) is 23.1 Å². The summed E-state index contributed by atoms with van der Waals surface area (Å²) in [4.78, 5) is 29.0. The number of halogens is 1. The maximum Gasteiger partial charge on any atom is 0.223 e. The second-order valence-corrected chi connectivity index (χ2v) is 7.07. The van der Waals surface area contributed by atoms with Crippen LogP contribution >= 0.6 is 11.6 Å². The molecule has 1 fully saturated rings. The van der Waals surface area contributed by atoms with Gasteiger partial charge in [-0.1, -0.05) is 37.8 Å². The van der Waals surface area contributed by atoms with Crippen LogP contribution in [0.3, 0.4) is 0 Å². The summed E-state index contributed by atoms with van der Waals surface area (Å²) in [5, 5.41) is 13.7. The molecule has 0 bridgehead atoms. The van der Waals surface area contributed by atoms with E-state index in [2.05, 4.69) is 48.9 Å². The third-order valence-electron chi connectivity index (χ3n) is 4.05. The molecule has 174 valence electrons. The number of nitrogens with one attached hydrogen (secondary N) is 2. The molecule has 0 aliphatic heterocycles. The highest BCUT2D eigenvalue weighted by molar-refractivity contribution is 6.32. The molecule has 1 aliphatic rings. The lowest BCUT2D eigenvalue weighted by atomic mass is 10.2. The first-order valence-electron chi connectivity index (χ1n) is 9.80. The van der Waals surface area contributed by atoms with Gasteiger partial charge in [0.2, 0.25) is 5.95 Å². The van der Waals surface area contributed by atoms with Crippen molar-refractivity contribution in [2.75, 3.05) is 23.4 Å². The molecule has 10 nitrogen and oxygen atoms in total. The molecule has 33 heavy (non-hydrogen) atoms. The molecule has 3 aromatic heterocycles. The SMILES string of the molecule is C#CO.C=O.CC1CC1.CNc1cc(Nc2ncccc2-c2nc(C)nc(N)n2)cnc1Cl. The smallest absolute Gasteiger partial charge is 0.223 e. The number of nitrogens with two attached hydrogens (primary N) is 1. The van der Waals surface area contributed by atoms with E-state index in [4.69, 9.17) is 27.2 Å². The maximum atomic E-state index is 8.00. The fourth-order valence-electron chi connectivity index (χ4n) is 2.30. The molecule has 3 heterocycles. The standard InChI is InChI=1S/C15H15ClN8.C4H8.C2H2O.CH2O/c1-8-21-14(24-15(17)22-8)10-4-3-5-19-13(10)23-9-6-11(18-2)12(16)20-7-9;1-4-2-3-4;1-2-3;1-2/h3-7,18H,1-2H3,(H,19,23)(H2,17,21,22,24);4H,2-3H2,1H3;1,3H;1H2. The highest BCUT2D eigenvalue weighted by Gasteiger charge is 2.13. The molecule has 0 spiro atoms. The van der Waals surface area contributed by atoms with E-state index in [1.54, 1.807) is 32.4 Å². The Bertz CT molecular complexity index is 1050. The molecule has 0 radical (unpaired) electrons. The third-order valence-corrected chi connectivity index (χ3v) is 4.35. The Balaban J connectivity index is 0.000000516. The number of aromatic nitrogens is 5. The van der Waals surface area contributed by atoms with E-state index in [0.29, 0.717) is 33.9 Å². The van der Waals surface area contributed by atoms with Crippen LogP contribution in [-0.2, 0) is 4.79 Å². The predicted molar refractivity (Wildman–Crippen MR) is 131 cm³/mol. The quantitative estimate of drug-likeness (QED) is 0.326. The van der Waals surface area contributed by atoms with Gasteiger partial charge in [-0.05, 0) is 31.0 Å². The van der Waals surface area contributed by atoms with Gasteiger partial charge < -0.3 is 26.3 Å². The fraction of sp³-hybridized carbons (Fsp3) is 0.273. The van der Waals surface area contributed by atoms with Crippen molar-refractivity contribution in [2.24, 2.45) is 5.92 Å². The maximum absolute atomic E-state index is 8.00. The van der Waals surface area contributed by atoms with Crippen LogP contribution in [-0.4, -0.2) is 43.9 Å². The highest BCUT2D eigenvalue weighted by atomic mass is 35.5. The van der Waals surface area contributed by atoms with Crippen LogP contribution in [0.15, 0.2) is 30.6 Å². The van der Waals surface area contributed by atoms with Gasteiger partial charge in [0.05, 0.1) is 23.1 Å². The number of hydrogen-bond donors (Lipinski definition) is 4. The normalized spacial score (nSPS) is 11.1. The molecule has 5 N–H and O–H groups in total. The summed E-state index contributed by atoms with van der Waals surface area (Å²) in [6.07, 6.45) is 11.7. The lowest BCUT2D eigenvalue weighted by molar-refractivity contribution is -0.0979. The van der Waals surface area contributed by atoms with E-state index in [1.165, 1.54) is 18.9 Å². The van der Waals surface area contributed by atoms with Crippen molar-refractivity contribution in [1.82, 2.24) is 24.9 Å². The van der Waals surface area contributed by atoms with E-state index >= 15 is 0 Å². The van der Waals surface area contributed by atoms with Crippen molar-refractivity contribution < 1.29 is 9.90 Å². The minimum Gasteiger partial charge on any atom is -0.462 e. The van der Waals surface area contributed by atoms with Crippen LogP contribution in [0.5, 0.6) is 0 Å². The molecule has 3 aromatic rings. The van der Waals surface area contributed by atoms with E-state index < -0.39 is 0 Å². The van der Waals surface area contributed by atoms with Gasteiger partial charge in [0.1, 0.15) is 24.5 Å². The van der Waals surface area contributed by atoms with Gasteiger partial charge in [0, 0.05) is 13.2 Å². The lowest BCUT2D eigenvalue weighted by Gasteiger charge is -2.11. The summed E-state index contributed by atoms with van der Waals surface area (Å²) in [6, 6.07) is 5.49. The minimum absolute atomic E-state index is 0.165. The van der Waals surface area contributed by atoms with Crippen molar-refractivity contribution >= 4 is 41.5 Å². The first kappa shape index (κ1) is 27.1. The van der Waals surface area contributed by atoms with Gasteiger partial charge in [0.25, 0.3) is 0 Å². The number of aliphatic hydroxyl groups is 1. The fourth-order valence-corrected chi connectivity index (χ4v) is 2.50. The number of pyridine rings is 2. The summed E-state index contributed by atoms with van der Waals surface area (Å²) in [7, 11) is 1.77. The van der Waals surface area contributed by atoms with Gasteiger partial charge in [0.15, 0.2) is 11.0 Å². The number of nitrogen functional groups attached to an aromatic ring is 1. The summed E-state index contributed by atoms with van der Waals surface area (Å²) >= 11 is 6.00. The van der Waals surface area contributed by atoms with Gasteiger partial charge in [-0.2, -0.15) is 9.97 Å². The largest absolute Gasteiger partial charge is 0.462 e. The highest BCUT2D eigenvalue weighted by Crippen LogP contribution is 2.29. The van der Waals surface area contributed by atoms with Crippen molar-refractivity contribution in [1.29, 1.82) is 0 Å².